The minimum absolute atomic E-state index is 0.124. The summed E-state index contributed by atoms with van der Waals surface area (Å²) in [7, 11) is -16.3. The average molecular weight is 444 g/mol. The molecule has 3 aromatic rings. The highest BCUT2D eigenvalue weighted by molar-refractivity contribution is 7.90. The van der Waals surface area contributed by atoms with E-state index >= 15 is 0 Å². The highest BCUT2D eigenvalue weighted by atomic mass is 32.2. The Bertz CT molecular complexity index is 1480. The van der Waals surface area contributed by atoms with Crippen LogP contribution in [0, 0.1) is 0 Å². The summed E-state index contributed by atoms with van der Waals surface area (Å²) in [5.74, 6) is 0. The molecule has 9 nitrogen and oxygen atoms in total. The zero-order valence-electron chi connectivity index (χ0n) is 13.8. The van der Waals surface area contributed by atoms with Crippen LogP contribution in [0.15, 0.2) is 57.7 Å². The smallest absolute Gasteiger partial charge is 0.282 e. The maximum atomic E-state index is 12.0. The zero-order chi connectivity index (χ0) is 21.1. The first-order chi connectivity index (χ1) is 12.8. The molecule has 148 valence electrons. The standard InChI is InChI=1S/C16H12O9S3/c1-2-11-12-7-9-5-3-4-6-10(9)8-13(12)15(27(20,21)22)16(28(23,24)25)14(11)26(17,18)19/h2-8H,1H2,(H,17,18,19)(H,20,21,22)(H,23,24,25). The van der Waals surface area contributed by atoms with E-state index in [9.17, 15) is 38.9 Å². The molecule has 3 aromatic carbocycles. The van der Waals surface area contributed by atoms with E-state index in [1.165, 1.54) is 12.1 Å². The lowest BCUT2D eigenvalue weighted by Crippen LogP contribution is -2.16. The number of rotatable bonds is 4. The van der Waals surface area contributed by atoms with Crippen LogP contribution in [0.2, 0.25) is 0 Å². The molecule has 0 saturated heterocycles. The number of hydrogen-bond acceptors (Lipinski definition) is 6. The van der Waals surface area contributed by atoms with Gasteiger partial charge < -0.3 is 0 Å². The molecule has 3 rings (SSSR count). The Morgan fingerprint density at radius 1 is 0.679 bits per heavy atom. The third kappa shape index (κ3) is 3.30. The SMILES string of the molecule is C=Cc1c(S(=O)(=O)O)c(S(=O)(=O)O)c(S(=O)(=O)O)c2cc3ccccc3cc12. The molecule has 0 aliphatic rings. The van der Waals surface area contributed by atoms with Gasteiger partial charge in [-0.05, 0) is 28.3 Å². The van der Waals surface area contributed by atoms with Gasteiger partial charge in [0.1, 0.15) is 14.7 Å². The van der Waals surface area contributed by atoms with Crippen LogP contribution >= 0.6 is 0 Å². The van der Waals surface area contributed by atoms with Crippen molar-refractivity contribution in [2.45, 2.75) is 14.7 Å². The van der Waals surface area contributed by atoms with E-state index in [-0.39, 0.29) is 10.8 Å². The molecule has 0 aliphatic carbocycles. The van der Waals surface area contributed by atoms with Crippen molar-refractivity contribution in [3.05, 3.63) is 48.5 Å². The first-order valence-electron chi connectivity index (χ1n) is 7.34. The number of hydrogen-bond donors (Lipinski definition) is 3. The van der Waals surface area contributed by atoms with E-state index in [1.807, 2.05) is 0 Å². The summed E-state index contributed by atoms with van der Waals surface area (Å²) in [6, 6.07) is 9.02. The van der Waals surface area contributed by atoms with Gasteiger partial charge in [-0.1, -0.05) is 36.9 Å². The lowest BCUT2D eigenvalue weighted by atomic mass is 9.99. The van der Waals surface area contributed by atoms with Gasteiger partial charge in [0.15, 0.2) is 0 Å². The Kier molecular flexibility index (Phi) is 4.61. The minimum atomic E-state index is -5.53. The second-order valence-electron chi connectivity index (χ2n) is 5.78. The van der Waals surface area contributed by atoms with E-state index < -0.39 is 50.6 Å². The van der Waals surface area contributed by atoms with Crippen LogP contribution in [-0.4, -0.2) is 38.9 Å². The molecule has 12 heteroatoms. The molecule has 0 unspecified atom stereocenters. The molecular formula is C16H12O9S3. The Balaban J connectivity index is 2.89. The second-order valence-corrected chi connectivity index (χ2v) is 9.85. The molecule has 0 atom stereocenters. The molecule has 0 radical (unpaired) electrons. The zero-order valence-corrected chi connectivity index (χ0v) is 16.2. The van der Waals surface area contributed by atoms with Crippen LogP contribution in [0.4, 0.5) is 0 Å². The summed E-state index contributed by atoms with van der Waals surface area (Å²) < 4.78 is 100. The van der Waals surface area contributed by atoms with Crippen LogP contribution < -0.4 is 0 Å². The maximum absolute atomic E-state index is 12.0. The topological polar surface area (TPSA) is 163 Å². The van der Waals surface area contributed by atoms with E-state index in [2.05, 4.69) is 6.58 Å². The summed E-state index contributed by atoms with van der Waals surface area (Å²) in [6.07, 6.45) is 0.892. The molecule has 0 saturated carbocycles. The summed E-state index contributed by atoms with van der Waals surface area (Å²) in [6.45, 7) is 3.39. The molecule has 0 fully saturated rings. The molecule has 3 N–H and O–H groups in total. The molecular weight excluding hydrogens is 432 g/mol. The van der Waals surface area contributed by atoms with Crippen molar-refractivity contribution in [1.29, 1.82) is 0 Å². The summed E-state index contributed by atoms with van der Waals surface area (Å²) in [4.78, 5) is -4.43. The molecule has 0 aliphatic heterocycles. The molecule has 0 bridgehead atoms. The fourth-order valence-corrected chi connectivity index (χ4v) is 6.68. The predicted molar refractivity (Wildman–Crippen MR) is 101 cm³/mol. The highest BCUT2D eigenvalue weighted by Crippen LogP contribution is 2.41. The number of benzene rings is 3. The molecule has 28 heavy (non-hydrogen) atoms. The van der Waals surface area contributed by atoms with Crippen molar-refractivity contribution < 1.29 is 38.9 Å². The lowest BCUT2D eigenvalue weighted by Gasteiger charge is -2.17. The lowest BCUT2D eigenvalue weighted by molar-refractivity contribution is 0.457. The Labute approximate surface area is 160 Å². The van der Waals surface area contributed by atoms with Gasteiger partial charge in [0.05, 0.1) is 0 Å². The quantitative estimate of drug-likeness (QED) is 0.405. The van der Waals surface area contributed by atoms with Crippen molar-refractivity contribution in [1.82, 2.24) is 0 Å². The van der Waals surface area contributed by atoms with Gasteiger partial charge in [-0.25, -0.2) is 0 Å². The summed E-state index contributed by atoms with van der Waals surface area (Å²) >= 11 is 0. The third-order valence-electron chi connectivity index (χ3n) is 4.06. The van der Waals surface area contributed by atoms with Gasteiger partial charge >= 0.3 is 0 Å². The van der Waals surface area contributed by atoms with Gasteiger partial charge in [-0.3, -0.25) is 13.7 Å². The first-order valence-corrected chi connectivity index (χ1v) is 11.7. The van der Waals surface area contributed by atoms with Crippen molar-refractivity contribution in [2.24, 2.45) is 0 Å². The van der Waals surface area contributed by atoms with Crippen LogP contribution in [0.1, 0.15) is 5.56 Å². The highest BCUT2D eigenvalue weighted by Gasteiger charge is 2.37. The fraction of sp³-hybridized carbons (Fsp3) is 0. The van der Waals surface area contributed by atoms with Crippen LogP contribution in [0.25, 0.3) is 27.6 Å². The molecule has 0 amide bonds. The van der Waals surface area contributed by atoms with Crippen molar-refractivity contribution in [2.75, 3.05) is 0 Å². The van der Waals surface area contributed by atoms with Gasteiger partial charge in [0, 0.05) is 10.9 Å². The first kappa shape index (κ1) is 20.4. The Hall–Kier alpha value is -2.35. The summed E-state index contributed by atoms with van der Waals surface area (Å²) in [5, 5.41) is 0.466. The van der Waals surface area contributed by atoms with Gasteiger partial charge in [0.25, 0.3) is 30.4 Å². The maximum Gasteiger partial charge on any atom is 0.297 e. The average Bonchev–Trinajstić information content (AvgIpc) is 2.55. The van der Waals surface area contributed by atoms with E-state index in [0.717, 1.165) is 6.08 Å². The minimum Gasteiger partial charge on any atom is -0.282 e. The van der Waals surface area contributed by atoms with Crippen LogP contribution in [-0.2, 0) is 30.4 Å². The van der Waals surface area contributed by atoms with Crippen molar-refractivity contribution >= 4 is 58.0 Å². The Morgan fingerprint density at radius 2 is 1.11 bits per heavy atom. The van der Waals surface area contributed by atoms with Crippen LogP contribution in [0.5, 0.6) is 0 Å². The molecule has 0 heterocycles. The monoisotopic (exact) mass is 444 g/mol. The third-order valence-corrected chi connectivity index (χ3v) is 7.12. The van der Waals surface area contributed by atoms with Gasteiger partial charge in [-0.2, -0.15) is 25.3 Å². The van der Waals surface area contributed by atoms with E-state index in [4.69, 9.17) is 0 Å². The van der Waals surface area contributed by atoms with E-state index in [0.29, 0.717) is 10.8 Å². The molecule has 0 spiro atoms. The molecule has 0 aromatic heterocycles. The Morgan fingerprint density at radius 3 is 1.50 bits per heavy atom. The summed E-state index contributed by atoms with van der Waals surface area (Å²) in [5.41, 5.74) is -0.455. The fourth-order valence-electron chi connectivity index (χ4n) is 3.07. The normalized spacial score (nSPS) is 13.1. The second kappa shape index (κ2) is 6.34. The number of fused-ring (bicyclic) bond motifs is 2. The predicted octanol–water partition coefficient (Wildman–Crippen LogP) is 2.38. The van der Waals surface area contributed by atoms with Crippen molar-refractivity contribution in [3.63, 3.8) is 0 Å². The van der Waals surface area contributed by atoms with Crippen LogP contribution in [0.3, 0.4) is 0 Å². The van der Waals surface area contributed by atoms with Gasteiger partial charge in [0.2, 0.25) is 0 Å². The van der Waals surface area contributed by atoms with Gasteiger partial charge in [-0.15, -0.1) is 0 Å². The van der Waals surface area contributed by atoms with E-state index in [1.54, 1.807) is 24.3 Å². The largest absolute Gasteiger partial charge is 0.297 e. The van der Waals surface area contributed by atoms with Crippen molar-refractivity contribution in [3.8, 4) is 0 Å².